The van der Waals surface area contributed by atoms with E-state index in [-0.39, 0.29) is 18.5 Å². The Hall–Kier alpha value is -3.23. The molecular formula is C19H21N5O3. The lowest BCUT2D eigenvalue weighted by molar-refractivity contribution is 0.0912. The van der Waals surface area contributed by atoms with E-state index in [4.69, 9.17) is 10.5 Å². The maximum atomic E-state index is 12.6. The molecule has 8 nitrogen and oxygen atoms in total. The van der Waals surface area contributed by atoms with Gasteiger partial charge in [-0.05, 0) is 11.6 Å². The molecule has 5 N–H and O–H groups in total. The SMILES string of the molecule is COCc1cnc(N)nc1-c1c[nH]c(C(=O)NC(CO)c2ccccc2)c1. The molecule has 2 aromatic heterocycles. The highest BCUT2D eigenvalue weighted by molar-refractivity contribution is 5.94. The molecule has 1 aromatic carbocycles. The van der Waals surface area contributed by atoms with Crippen LogP contribution in [0.25, 0.3) is 11.3 Å². The molecule has 3 aromatic rings. The second-order valence-electron chi connectivity index (χ2n) is 5.96. The first-order valence-corrected chi connectivity index (χ1v) is 8.38. The molecule has 0 fully saturated rings. The van der Waals surface area contributed by atoms with Gasteiger partial charge in [0.2, 0.25) is 5.95 Å². The molecule has 2 heterocycles. The minimum atomic E-state index is -0.496. The van der Waals surface area contributed by atoms with Crippen molar-refractivity contribution in [2.75, 3.05) is 19.5 Å². The molecule has 0 bridgehead atoms. The van der Waals surface area contributed by atoms with Crippen molar-refractivity contribution in [1.29, 1.82) is 0 Å². The van der Waals surface area contributed by atoms with Gasteiger partial charge in [0.15, 0.2) is 0 Å². The average Bonchev–Trinajstić information content (AvgIpc) is 3.18. The molecule has 140 valence electrons. The summed E-state index contributed by atoms with van der Waals surface area (Å²) in [5.41, 5.74) is 8.92. The van der Waals surface area contributed by atoms with Crippen molar-refractivity contribution in [2.45, 2.75) is 12.6 Å². The zero-order valence-electron chi connectivity index (χ0n) is 14.8. The van der Waals surface area contributed by atoms with Gasteiger partial charge < -0.3 is 25.9 Å². The van der Waals surface area contributed by atoms with E-state index in [1.165, 1.54) is 0 Å². The zero-order valence-corrected chi connectivity index (χ0v) is 14.8. The lowest BCUT2D eigenvalue weighted by Gasteiger charge is -2.16. The third kappa shape index (κ3) is 4.30. The lowest BCUT2D eigenvalue weighted by atomic mass is 10.1. The van der Waals surface area contributed by atoms with Crippen molar-refractivity contribution >= 4 is 11.9 Å². The number of amides is 1. The molecule has 3 rings (SSSR count). The molecule has 8 heteroatoms. The number of benzene rings is 1. The highest BCUT2D eigenvalue weighted by atomic mass is 16.5. The number of nitrogen functional groups attached to an aromatic ring is 1. The van der Waals surface area contributed by atoms with Gasteiger partial charge in [-0.15, -0.1) is 0 Å². The maximum absolute atomic E-state index is 12.6. The van der Waals surface area contributed by atoms with Crippen molar-refractivity contribution in [3.05, 3.63) is 65.6 Å². The van der Waals surface area contributed by atoms with E-state index in [9.17, 15) is 9.90 Å². The number of ether oxygens (including phenoxy) is 1. The van der Waals surface area contributed by atoms with Crippen LogP contribution < -0.4 is 11.1 Å². The Balaban J connectivity index is 1.81. The molecule has 1 atom stereocenters. The lowest BCUT2D eigenvalue weighted by Crippen LogP contribution is -2.30. The van der Waals surface area contributed by atoms with Gasteiger partial charge in [0, 0.05) is 30.6 Å². The highest BCUT2D eigenvalue weighted by Gasteiger charge is 2.18. The summed E-state index contributed by atoms with van der Waals surface area (Å²) in [5, 5.41) is 12.4. The van der Waals surface area contributed by atoms with Crippen molar-refractivity contribution in [3.63, 3.8) is 0 Å². The van der Waals surface area contributed by atoms with E-state index in [1.807, 2.05) is 30.3 Å². The first kappa shape index (κ1) is 18.6. The van der Waals surface area contributed by atoms with Gasteiger partial charge in [-0.25, -0.2) is 9.97 Å². The number of aromatic amines is 1. The molecule has 0 spiro atoms. The summed E-state index contributed by atoms with van der Waals surface area (Å²) >= 11 is 0. The molecule has 0 aliphatic carbocycles. The summed E-state index contributed by atoms with van der Waals surface area (Å²) in [4.78, 5) is 23.7. The first-order chi connectivity index (χ1) is 13.1. The number of carbonyl (C=O) groups excluding carboxylic acids is 1. The molecule has 0 saturated heterocycles. The Labute approximate surface area is 156 Å². The molecular weight excluding hydrogens is 346 g/mol. The largest absolute Gasteiger partial charge is 0.394 e. The van der Waals surface area contributed by atoms with Gasteiger partial charge >= 0.3 is 0 Å². The van der Waals surface area contributed by atoms with Crippen molar-refractivity contribution in [1.82, 2.24) is 20.3 Å². The summed E-state index contributed by atoms with van der Waals surface area (Å²) in [5.74, 6) is -0.194. The number of rotatable bonds is 7. The number of hydrogen-bond donors (Lipinski definition) is 4. The Morgan fingerprint density at radius 1 is 1.37 bits per heavy atom. The standard InChI is InChI=1S/C19H21N5O3/c1-27-11-14-9-22-19(20)24-17(14)13-7-15(21-8-13)18(26)23-16(10-25)12-5-3-2-4-6-12/h2-9,16,21,25H,10-11H2,1H3,(H,23,26)(H2,20,22,24). The van der Waals surface area contributed by atoms with Crippen LogP contribution >= 0.6 is 0 Å². The van der Waals surface area contributed by atoms with Gasteiger partial charge in [-0.3, -0.25) is 4.79 Å². The molecule has 1 amide bonds. The van der Waals surface area contributed by atoms with E-state index >= 15 is 0 Å². The van der Waals surface area contributed by atoms with E-state index in [2.05, 4.69) is 20.3 Å². The summed E-state index contributed by atoms with van der Waals surface area (Å²) < 4.78 is 5.16. The number of methoxy groups -OCH3 is 1. The number of aromatic nitrogens is 3. The number of aliphatic hydroxyl groups is 1. The van der Waals surface area contributed by atoms with Gasteiger partial charge in [0.05, 0.1) is 24.9 Å². The fourth-order valence-corrected chi connectivity index (χ4v) is 2.75. The van der Waals surface area contributed by atoms with Crippen LogP contribution in [-0.4, -0.2) is 39.7 Å². The number of carbonyl (C=O) groups is 1. The number of H-pyrrole nitrogens is 1. The average molecular weight is 367 g/mol. The summed E-state index contributed by atoms with van der Waals surface area (Å²) in [6.45, 7) is 0.118. The normalized spacial score (nSPS) is 11.9. The first-order valence-electron chi connectivity index (χ1n) is 8.38. The van der Waals surface area contributed by atoms with Crippen LogP contribution in [0.4, 0.5) is 5.95 Å². The minimum Gasteiger partial charge on any atom is -0.394 e. The smallest absolute Gasteiger partial charge is 0.268 e. The van der Waals surface area contributed by atoms with Crippen LogP contribution in [0.5, 0.6) is 0 Å². The summed E-state index contributed by atoms with van der Waals surface area (Å²) in [6.07, 6.45) is 3.28. The third-order valence-corrected chi connectivity index (χ3v) is 4.07. The topological polar surface area (TPSA) is 126 Å². The fraction of sp³-hybridized carbons (Fsp3) is 0.211. The van der Waals surface area contributed by atoms with E-state index in [0.29, 0.717) is 23.6 Å². The number of nitrogens with two attached hydrogens (primary N) is 1. The van der Waals surface area contributed by atoms with Crippen molar-refractivity contribution in [3.8, 4) is 11.3 Å². The van der Waals surface area contributed by atoms with Crippen LogP contribution in [0, 0.1) is 0 Å². The second-order valence-corrected chi connectivity index (χ2v) is 5.96. The quantitative estimate of drug-likeness (QED) is 0.503. The van der Waals surface area contributed by atoms with Gasteiger partial charge in [0.1, 0.15) is 5.69 Å². The number of nitrogens with one attached hydrogen (secondary N) is 2. The Morgan fingerprint density at radius 2 is 2.15 bits per heavy atom. The molecule has 1 unspecified atom stereocenters. The van der Waals surface area contributed by atoms with Crippen molar-refractivity contribution in [2.24, 2.45) is 0 Å². The number of anilines is 1. The van der Waals surface area contributed by atoms with Crippen LogP contribution in [-0.2, 0) is 11.3 Å². The number of hydrogen-bond acceptors (Lipinski definition) is 6. The molecule has 0 saturated carbocycles. The van der Waals surface area contributed by atoms with E-state index < -0.39 is 6.04 Å². The Kier molecular flexibility index (Phi) is 5.80. The number of aliphatic hydroxyl groups excluding tert-OH is 1. The number of nitrogens with zero attached hydrogens (tertiary/aromatic N) is 2. The summed E-state index contributed by atoms with van der Waals surface area (Å²) in [7, 11) is 1.58. The maximum Gasteiger partial charge on any atom is 0.268 e. The molecule has 0 aliphatic heterocycles. The van der Waals surface area contributed by atoms with Crippen molar-refractivity contribution < 1.29 is 14.6 Å². The molecule has 0 radical (unpaired) electrons. The summed E-state index contributed by atoms with van der Waals surface area (Å²) in [6, 6.07) is 10.5. The monoisotopic (exact) mass is 367 g/mol. The Morgan fingerprint density at radius 3 is 2.85 bits per heavy atom. The Bertz CT molecular complexity index is 911. The van der Waals surface area contributed by atoms with Gasteiger partial charge in [0.25, 0.3) is 5.91 Å². The van der Waals surface area contributed by atoms with E-state index in [1.54, 1.807) is 25.6 Å². The van der Waals surface area contributed by atoms with Crippen LogP contribution in [0.15, 0.2) is 48.8 Å². The van der Waals surface area contributed by atoms with Gasteiger partial charge in [-0.2, -0.15) is 0 Å². The predicted octanol–water partition coefficient (Wildman–Crippen LogP) is 1.66. The second kappa shape index (κ2) is 8.43. The molecule has 0 aliphatic rings. The van der Waals surface area contributed by atoms with E-state index in [0.717, 1.165) is 11.1 Å². The third-order valence-electron chi connectivity index (χ3n) is 4.07. The molecule has 27 heavy (non-hydrogen) atoms. The zero-order chi connectivity index (χ0) is 19.2. The van der Waals surface area contributed by atoms with Crippen LogP contribution in [0.1, 0.15) is 27.7 Å². The predicted molar refractivity (Wildman–Crippen MR) is 101 cm³/mol. The minimum absolute atomic E-state index is 0.140. The van der Waals surface area contributed by atoms with Crippen LogP contribution in [0.2, 0.25) is 0 Å². The highest BCUT2D eigenvalue weighted by Crippen LogP contribution is 2.24. The fourth-order valence-electron chi connectivity index (χ4n) is 2.75. The van der Waals surface area contributed by atoms with Crippen LogP contribution in [0.3, 0.4) is 0 Å². The van der Waals surface area contributed by atoms with Gasteiger partial charge in [-0.1, -0.05) is 30.3 Å².